The zero-order valence-corrected chi connectivity index (χ0v) is 13.3. The normalized spacial score (nSPS) is 23.0. The monoisotopic (exact) mass is 315 g/mol. The van der Waals surface area contributed by atoms with Gasteiger partial charge in [-0.15, -0.1) is 11.6 Å². The minimum Gasteiger partial charge on any atom is -0.337 e. The smallest absolute Gasteiger partial charge is 0.256 e. The number of alkyl halides is 3. The molecule has 21 heavy (non-hydrogen) atoms. The van der Waals surface area contributed by atoms with E-state index >= 15 is 0 Å². The van der Waals surface area contributed by atoms with E-state index in [-0.39, 0.29) is 24.8 Å². The van der Waals surface area contributed by atoms with Crippen LogP contribution < -0.4 is 0 Å². The second-order valence-corrected chi connectivity index (χ2v) is 6.52. The summed E-state index contributed by atoms with van der Waals surface area (Å²) in [7, 11) is 0. The van der Waals surface area contributed by atoms with Crippen molar-refractivity contribution in [2.75, 3.05) is 12.4 Å². The summed E-state index contributed by atoms with van der Waals surface area (Å²) in [4.78, 5) is 13.4. The van der Waals surface area contributed by atoms with Crippen LogP contribution in [0.5, 0.6) is 0 Å². The molecular formula is C16H20ClF2NO. The lowest BCUT2D eigenvalue weighted by atomic mass is 10.0. The van der Waals surface area contributed by atoms with Crippen molar-refractivity contribution in [3.63, 3.8) is 0 Å². The van der Waals surface area contributed by atoms with Gasteiger partial charge in [0, 0.05) is 19.5 Å². The third-order valence-electron chi connectivity index (χ3n) is 4.24. The number of carbonyl (C=O) groups is 1. The Balaban J connectivity index is 2.16. The Hall–Kier alpha value is -1.16. The fourth-order valence-electron chi connectivity index (χ4n) is 2.58. The highest BCUT2D eigenvalue weighted by Gasteiger charge is 2.68. The molecule has 0 radical (unpaired) electrons. The van der Waals surface area contributed by atoms with E-state index in [1.54, 1.807) is 0 Å². The average Bonchev–Trinajstić information content (AvgIpc) is 2.89. The molecule has 1 fully saturated rings. The van der Waals surface area contributed by atoms with E-state index in [1.807, 2.05) is 32.0 Å². The molecule has 1 aromatic carbocycles. The van der Waals surface area contributed by atoms with Gasteiger partial charge in [0.05, 0.1) is 5.41 Å². The zero-order chi connectivity index (χ0) is 15.8. The zero-order valence-electron chi connectivity index (χ0n) is 12.5. The van der Waals surface area contributed by atoms with Crippen molar-refractivity contribution in [2.45, 2.75) is 39.7 Å². The number of benzene rings is 1. The topological polar surface area (TPSA) is 20.3 Å². The van der Waals surface area contributed by atoms with Gasteiger partial charge in [-0.2, -0.15) is 0 Å². The van der Waals surface area contributed by atoms with E-state index in [1.165, 1.54) is 11.8 Å². The van der Waals surface area contributed by atoms with E-state index in [2.05, 4.69) is 0 Å². The fourth-order valence-corrected chi connectivity index (χ4v) is 2.75. The standard InChI is InChI=1S/C16H20ClF2NO/c1-11-4-5-13(12(2)6-11)8-20(14(21)7-17)10-15(3)9-16(15,18)19/h4-6H,7-10H2,1-3H3. The third kappa shape index (κ3) is 3.37. The molecule has 1 saturated carbocycles. The Bertz CT molecular complexity index is 561. The summed E-state index contributed by atoms with van der Waals surface area (Å²) in [6, 6.07) is 5.91. The van der Waals surface area contributed by atoms with Crippen LogP contribution in [0.3, 0.4) is 0 Å². The quantitative estimate of drug-likeness (QED) is 0.754. The van der Waals surface area contributed by atoms with Crippen LogP contribution in [-0.2, 0) is 11.3 Å². The van der Waals surface area contributed by atoms with Gasteiger partial charge < -0.3 is 4.90 Å². The maximum Gasteiger partial charge on any atom is 0.256 e. The highest BCUT2D eigenvalue weighted by atomic mass is 35.5. The molecule has 5 heteroatoms. The molecule has 2 nitrogen and oxygen atoms in total. The summed E-state index contributed by atoms with van der Waals surface area (Å²) in [5.74, 6) is -3.17. The van der Waals surface area contributed by atoms with E-state index in [4.69, 9.17) is 11.6 Å². The summed E-state index contributed by atoms with van der Waals surface area (Å²) in [6.45, 7) is 5.83. The predicted octanol–water partition coefficient (Wildman–Crippen LogP) is 3.92. The number of hydrogen-bond acceptors (Lipinski definition) is 1. The van der Waals surface area contributed by atoms with Crippen LogP contribution >= 0.6 is 11.6 Å². The molecule has 116 valence electrons. The molecule has 1 unspecified atom stereocenters. The molecule has 1 atom stereocenters. The highest BCUT2D eigenvalue weighted by molar-refractivity contribution is 6.27. The number of nitrogens with zero attached hydrogens (tertiary/aromatic N) is 1. The van der Waals surface area contributed by atoms with Crippen molar-refractivity contribution < 1.29 is 13.6 Å². The number of carbonyl (C=O) groups excluding carboxylic acids is 1. The van der Waals surface area contributed by atoms with Crippen molar-refractivity contribution >= 4 is 17.5 Å². The average molecular weight is 316 g/mol. The van der Waals surface area contributed by atoms with Crippen molar-refractivity contribution in [2.24, 2.45) is 5.41 Å². The van der Waals surface area contributed by atoms with Crippen LogP contribution in [0.4, 0.5) is 8.78 Å². The second kappa shape index (κ2) is 5.56. The van der Waals surface area contributed by atoms with Crippen molar-refractivity contribution in [1.29, 1.82) is 0 Å². The molecule has 0 bridgehead atoms. The van der Waals surface area contributed by atoms with E-state index in [0.717, 1.165) is 16.7 Å². The van der Waals surface area contributed by atoms with Crippen LogP contribution in [0.1, 0.15) is 30.0 Å². The van der Waals surface area contributed by atoms with Crippen LogP contribution in [0, 0.1) is 19.3 Å². The van der Waals surface area contributed by atoms with Crippen molar-refractivity contribution in [1.82, 2.24) is 4.90 Å². The van der Waals surface area contributed by atoms with Gasteiger partial charge in [0.15, 0.2) is 0 Å². The first-order valence-electron chi connectivity index (χ1n) is 6.96. The van der Waals surface area contributed by atoms with Crippen molar-refractivity contribution in [3.05, 3.63) is 34.9 Å². The van der Waals surface area contributed by atoms with E-state index in [9.17, 15) is 13.6 Å². The highest BCUT2D eigenvalue weighted by Crippen LogP contribution is 2.60. The van der Waals surface area contributed by atoms with Gasteiger partial charge in [0.2, 0.25) is 5.91 Å². The van der Waals surface area contributed by atoms with Crippen molar-refractivity contribution in [3.8, 4) is 0 Å². The molecule has 1 amide bonds. The van der Waals surface area contributed by atoms with Gasteiger partial charge in [0.1, 0.15) is 5.88 Å². The maximum absolute atomic E-state index is 13.4. The van der Waals surface area contributed by atoms with Gasteiger partial charge >= 0.3 is 0 Å². The summed E-state index contributed by atoms with van der Waals surface area (Å²) >= 11 is 5.62. The first kappa shape index (κ1) is 16.2. The lowest BCUT2D eigenvalue weighted by Crippen LogP contribution is -2.37. The lowest BCUT2D eigenvalue weighted by molar-refractivity contribution is -0.130. The Labute approximate surface area is 129 Å². The molecule has 0 aliphatic heterocycles. The number of amides is 1. The fraction of sp³-hybridized carbons (Fsp3) is 0.562. The molecule has 0 aromatic heterocycles. The Morgan fingerprint density at radius 3 is 2.48 bits per heavy atom. The van der Waals surface area contributed by atoms with Crippen LogP contribution in [0.25, 0.3) is 0 Å². The molecule has 0 spiro atoms. The first-order chi connectivity index (χ1) is 9.68. The minimum absolute atomic E-state index is 0.0405. The number of aryl methyl sites for hydroxylation is 2. The first-order valence-corrected chi connectivity index (χ1v) is 7.50. The number of hydrogen-bond donors (Lipinski definition) is 0. The van der Waals surface area contributed by atoms with E-state index in [0.29, 0.717) is 6.54 Å². The maximum atomic E-state index is 13.4. The molecule has 0 N–H and O–H groups in total. The number of halogens is 3. The van der Waals surface area contributed by atoms with Crippen LogP contribution in [0.15, 0.2) is 18.2 Å². The van der Waals surface area contributed by atoms with Gasteiger partial charge in [-0.1, -0.05) is 30.7 Å². The van der Waals surface area contributed by atoms with Crippen LogP contribution in [-0.4, -0.2) is 29.2 Å². The summed E-state index contributed by atoms with van der Waals surface area (Å²) in [5, 5.41) is 0. The van der Waals surface area contributed by atoms with Gasteiger partial charge in [-0.3, -0.25) is 4.79 Å². The Kier molecular flexibility index (Phi) is 4.29. The molecule has 1 aromatic rings. The molecule has 1 aliphatic carbocycles. The van der Waals surface area contributed by atoms with Gasteiger partial charge in [-0.25, -0.2) is 8.78 Å². The van der Waals surface area contributed by atoms with Gasteiger partial charge in [0.25, 0.3) is 5.92 Å². The van der Waals surface area contributed by atoms with E-state index < -0.39 is 11.3 Å². The predicted molar refractivity (Wildman–Crippen MR) is 79.7 cm³/mol. The minimum atomic E-state index is -2.68. The Morgan fingerprint density at radius 2 is 2.00 bits per heavy atom. The molecule has 0 saturated heterocycles. The molecular weight excluding hydrogens is 296 g/mol. The van der Waals surface area contributed by atoms with Crippen LogP contribution in [0.2, 0.25) is 0 Å². The summed E-state index contributed by atoms with van der Waals surface area (Å²) < 4.78 is 26.8. The lowest BCUT2D eigenvalue weighted by Gasteiger charge is -2.26. The summed E-state index contributed by atoms with van der Waals surface area (Å²) in [5.41, 5.74) is 2.03. The van der Waals surface area contributed by atoms with Gasteiger partial charge in [-0.05, 0) is 25.0 Å². The largest absolute Gasteiger partial charge is 0.337 e. The second-order valence-electron chi connectivity index (χ2n) is 6.26. The Morgan fingerprint density at radius 1 is 1.38 bits per heavy atom. The number of rotatable bonds is 5. The molecule has 0 heterocycles. The summed E-state index contributed by atoms with van der Waals surface area (Å²) in [6.07, 6.45) is -0.168. The molecule has 1 aliphatic rings. The SMILES string of the molecule is Cc1ccc(CN(CC2(C)CC2(F)F)C(=O)CCl)c(C)c1. The third-order valence-corrected chi connectivity index (χ3v) is 4.46. The molecule has 2 rings (SSSR count).